The predicted molar refractivity (Wildman–Crippen MR) is 139 cm³/mol. The van der Waals surface area contributed by atoms with Gasteiger partial charge in [0, 0.05) is 34.9 Å². The quantitative estimate of drug-likeness (QED) is 0.241. The molecular formula is C25H30N3O8PS. The number of aromatic nitrogens is 1. The number of carbonyl (C=O) groups excluding carboxylic acids is 2. The second kappa shape index (κ2) is 9.82. The molecule has 3 N–H and O–H groups in total. The van der Waals surface area contributed by atoms with Gasteiger partial charge in [-0.1, -0.05) is 13.0 Å². The zero-order valence-corrected chi connectivity index (χ0v) is 22.8. The molecule has 0 saturated heterocycles. The number of rotatable bonds is 7. The van der Waals surface area contributed by atoms with Gasteiger partial charge in [-0.15, -0.1) is 11.3 Å². The summed E-state index contributed by atoms with van der Waals surface area (Å²) in [4.78, 5) is 60.8. The zero-order valence-electron chi connectivity index (χ0n) is 21.1. The van der Waals surface area contributed by atoms with Gasteiger partial charge in [0.15, 0.2) is 5.13 Å². The molecule has 2 fully saturated rings. The summed E-state index contributed by atoms with van der Waals surface area (Å²) >= 11 is 1.41. The lowest BCUT2D eigenvalue weighted by Gasteiger charge is -2.49. The Balaban J connectivity index is 1.39. The first-order valence-electron chi connectivity index (χ1n) is 12.7. The maximum Gasteiger partial charge on any atom is 0.525 e. The van der Waals surface area contributed by atoms with Crippen LogP contribution in [0.5, 0.6) is 5.75 Å². The highest BCUT2D eigenvalue weighted by Crippen LogP contribution is 2.63. The number of carbonyl (C=O) groups is 2. The summed E-state index contributed by atoms with van der Waals surface area (Å²) in [5.74, 6) is -0.133. The molecule has 13 heteroatoms. The van der Waals surface area contributed by atoms with E-state index in [9.17, 15) is 34.1 Å². The Bertz CT molecular complexity index is 1360. The highest BCUT2D eigenvalue weighted by Gasteiger charge is 2.58. The molecule has 2 aromatic rings. The third-order valence-corrected chi connectivity index (χ3v) is 9.96. The summed E-state index contributed by atoms with van der Waals surface area (Å²) in [6.45, 7) is 3.95. The SMILES string of the molecule is Cc1cnc(NC(=O)CC[C@@H]2CC(=O)[C@@]3(C)CCC4c5ccc(OP(=O)(O)O)c([N+](=O)[O-])c5CCC4C23)s1. The number of nitrogens with one attached hydrogen (secondary N) is 1. The number of aryl methyl sites for hydroxylation is 1. The number of nitrogens with zero attached hydrogens (tertiary/aromatic N) is 2. The largest absolute Gasteiger partial charge is 0.525 e. The summed E-state index contributed by atoms with van der Waals surface area (Å²) in [5, 5.41) is 15.3. The number of anilines is 1. The van der Waals surface area contributed by atoms with Crippen LogP contribution in [-0.4, -0.2) is 31.4 Å². The lowest BCUT2D eigenvalue weighted by atomic mass is 9.54. The third kappa shape index (κ3) is 4.90. The molecule has 1 aromatic carbocycles. The van der Waals surface area contributed by atoms with Crippen LogP contribution in [-0.2, 0) is 20.6 Å². The van der Waals surface area contributed by atoms with E-state index in [-0.39, 0.29) is 41.8 Å². The first-order chi connectivity index (χ1) is 17.9. The minimum atomic E-state index is -4.97. The number of amides is 1. The van der Waals surface area contributed by atoms with Crippen LogP contribution in [0.15, 0.2) is 18.3 Å². The van der Waals surface area contributed by atoms with Gasteiger partial charge in [-0.3, -0.25) is 29.5 Å². The second-order valence-corrected chi connectivity index (χ2v) is 13.3. The van der Waals surface area contributed by atoms with E-state index in [1.54, 1.807) is 12.3 Å². The fourth-order valence-electron chi connectivity index (χ4n) is 7.26. The van der Waals surface area contributed by atoms with Crippen LogP contribution < -0.4 is 9.84 Å². The Morgan fingerprint density at radius 3 is 2.79 bits per heavy atom. The fourth-order valence-corrected chi connectivity index (χ4v) is 8.35. The number of phosphoric acid groups is 1. The van der Waals surface area contributed by atoms with Gasteiger partial charge in [0.05, 0.1) is 4.92 Å². The van der Waals surface area contributed by atoms with Crippen molar-refractivity contribution >= 4 is 41.7 Å². The summed E-state index contributed by atoms with van der Waals surface area (Å²) in [6, 6.07) is 2.95. The van der Waals surface area contributed by atoms with E-state index in [0.29, 0.717) is 49.2 Å². The number of benzene rings is 1. The normalized spacial score (nSPS) is 28.3. The van der Waals surface area contributed by atoms with Crippen LogP contribution >= 0.6 is 19.2 Å². The van der Waals surface area contributed by atoms with Crippen LogP contribution in [0.4, 0.5) is 10.8 Å². The number of hydrogen-bond donors (Lipinski definition) is 3. The number of phosphoric ester groups is 1. The van der Waals surface area contributed by atoms with Gasteiger partial charge in [-0.2, -0.15) is 0 Å². The maximum atomic E-state index is 13.2. The number of Topliss-reactive ketones (excluding diaryl/α,β-unsaturated/α-hetero) is 1. The van der Waals surface area contributed by atoms with Crippen molar-refractivity contribution in [1.82, 2.24) is 4.98 Å². The molecule has 2 saturated carbocycles. The van der Waals surface area contributed by atoms with Crippen molar-refractivity contribution in [3.8, 4) is 5.75 Å². The third-order valence-electron chi connectivity index (χ3n) is 8.70. The molecule has 11 nitrogen and oxygen atoms in total. The van der Waals surface area contributed by atoms with Gasteiger partial charge < -0.3 is 9.84 Å². The van der Waals surface area contributed by atoms with Crippen molar-refractivity contribution < 1.29 is 33.4 Å². The van der Waals surface area contributed by atoms with Crippen molar-refractivity contribution in [2.24, 2.45) is 23.2 Å². The molecule has 0 radical (unpaired) electrons. The van der Waals surface area contributed by atoms with Gasteiger partial charge in [-0.05, 0) is 74.3 Å². The number of nitro groups is 1. The minimum Gasteiger partial charge on any atom is -0.397 e. The van der Waals surface area contributed by atoms with Gasteiger partial charge in [0.1, 0.15) is 5.78 Å². The Morgan fingerprint density at radius 1 is 1.37 bits per heavy atom. The zero-order chi connectivity index (χ0) is 27.4. The van der Waals surface area contributed by atoms with Crippen LogP contribution in [0, 0.1) is 40.2 Å². The first-order valence-corrected chi connectivity index (χ1v) is 15.0. The van der Waals surface area contributed by atoms with E-state index >= 15 is 0 Å². The fraction of sp³-hybridized carbons (Fsp3) is 0.560. The van der Waals surface area contributed by atoms with E-state index in [2.05, 4.69) is 14.8 Å². The van der Waals surface area contributed by atoms with Crippen LogP contribution in [0.25, 0.3) is 0 Å². The van der Waals surface area contributed by atoms with Crippen LogP contribution in [0.2, 0.25) is 0 Å². The average Bonchev–Trinajstić information content (AvgIpc) is 3.35. The summed E-state index contributed by atoms with van der Waals surface area (Å²) in [7, 11) is -4.97. The van der Waals surface area contributed by atoms with Crippen LogP contribution in [0.1, 0.15) is 67.4 Å². The number of hydrogen-bond acceptors (Lipinski definition) is 8. The molecule has 0 aliphatic heterocycles. The average molecular weight is 564 g/mol. The van der Waals surface area contributed by atoms with Gasteiger partial charge in [-0.25, -0.2) is 9.55 Å². The molecule has 5 atom stereocenters. The van der Waals surface area contributed by atoms with Crippen molar-refractivity contribution in [1.29, 1.82) is 0 Å². The predicted octanol–water partition coefficient (Wildman–Crippen LogP) is 4.90. The molecule has 38 heavy (non-hydrogen) atoms. The lowest BCUT2D eigenvalue weighted by Crippen LogP contribution is -2.44. The molecule has 3 aliphatic rings. The van der Waals surface area contributed by atoms with E-state index < -0.39 is 29.6 Å². The number of thiazole rings is 1. The van der Waals surface area contributed by atoms with E-state index in [4.69, 9.17) is 0 Å². The van der Waals surface area contributed by atoms with Crippen molar-refractivity contribution in [2.75, 3.05) is 5.32 Å². The lowest BCUT2D eigenvalue weighted by molar-refractivity contribution is -0.386. The molecular weight excluding hydrogens is 533 g/mol. The smallest absolute Gasteiger partial charge is 0.397 e. The van der Waals surface area contributed by atoms with Gasteiger partial charge in [0.2, 0.25) is 11.7 Å². The van der Waals surface area contributed by atoms with Crippen molar-refractivity contribution in [2.45, 2.75) is 64.7 Å². The summed E-state index contributed by atoms with van der Waals surface area (Å²) < 4.78 is 16.0. The Labute approximate surface area is 223 Å². The second-order valence-electron chi connectivity index (χ2n) is 10.9. The molecule has 5 rings (SSSR count). The summed E-state index contributed by atoms with van der Waals surface area (Å²) in [5.41, 5.74) is 0.361. The topological polar surface area (TPSA) is 169 Å². The van der Waals surface area contributed by atoms with Crippen LogP contribution in [0.3, 0.4) is 0 Å². The molecule has 1 aromatic heterocycles. The highest BCUT2D eigenvalue weighted by atomic mass is 32.1. The molecule has 204 valence electrons. The summed E-state index contributed by atoms with van der Waals surface area (Å²) in [6.07, 6.45) is 5.32. The van der Waals surface area contributed by atoms with E-state index in [1.807, 2.05) is 13.8 Å². The standard InChI is InChI=1S/C25H30N3O8PS/c1-13-12-26-24(38-13)27-21(30)8-3-14-11-20(29)25(2)10-9-16-15-6-7-19(36-37(33,34)35)23(28(31)32)18(15)5-4-17(16)22(14)25/h6-7,12,14,16-17,22H,3-5,8-11H2,1-2H3,(H,26,27,30)(H2,33,34,35)/t14-,16?,17?,22?,25-/m1/s1. The number of fused-ring (bicyclic) bond motifs is 5. The van der Waals surface area contributed by atoms with Gasteiger partial charge >= 0.3 is 13.5 Å². The number of ketones is 1. The first kappa shape index (κ1) is 26.9. The molecule has 0 bridgehead atoms. The molecule has 3 unspecified atom stereocenters. The molecule has 3 aliphatic carbocycles. The van der Waals surface area contributed by atoms with Crippen molar-refractivity contribution in [3.05, 3.63) is 44.4 Å². The maximum absolute atomic E-state index is 13.2. The molecule has 1 amide bonds. The molecule has 0 spiro atoms. The van der Waals surface area contributed by atoms with E-state index in [0.717, 1.165) is 10.4 Å². The van der Waals surface area contributed by atoms with E-state index in [1.165, 1.54) is 17.4 Å². The number of nitro benzene ring substituents is 1. The Hall–Kier alpha value is -2.66. The van der Waals surface area contributed by atoms with Gasteiger partial charge in [0.25, 0.3) is 0 Å². The monoisotopic (exact) mass is 563 g/mol. The molecule has 1 heterocycles. The minimum absolute atomic E-state index is 0.0137. The van der Waals surface area contributed by atoms with Crippen molar-refractivity contribution in [3.63, 3.8) is 0 Å². The highest BCUT2D eigenvalue weighted by molar-refractivity contribution is 7.46. The Kier molecular flexibility index (Phi) is 6.96. The Morgan fingerprint density at radius 2 is 2.13 bits per heavy atom.